The fraction of sp³-hybridized carbons (Fsp3) is 0.643. The first-order valence-electron chi connectivity index (χ1n) is 6.58. The second-order valence-electron chi connectivity index (χ2n) is 5.10. The molecule has 0 bridgehead atoms. The number of hydrogen-bond acceptors (Lipinski definition) is 2. The summed E-state index contributed by atoms with van der Waals surface area (Å²) in [5, 5.41) is 3.38. The molecule has 1 N–H and O–H groups in total. The molecule has 1 aliphatic carbocycles. The van der Waals surface area contributed by atoms with Crippen LogP contribution in [0.3, 0.4) is 0 Å². The molecule has 1 aromatic heterocycles. The summed E-state index contributed by atoms with van der Waals surface area (Å²) in [5.41, 5.74) is 2.18. The van der Waals surface area contributed by atoms with Crippen LogP contribution in [-0.4, -0.2) is 10.6 Å². The van der Waals surface area contributed by atoms with Crippen molar-refractivity contribution < 1.29 is 0 Å². The molecule has 2 rings (SSSR count). The summed E-state index contributed by atoms with van der Waals surface area (Å²) < 4.78 is 1.97. The van der Waals surface area contributed by atoms with E-state index in [2.05, 4.69) is 25.2 Å². The van der Waals surface area contributed by atoms with Crippen molar-refractivity contribution in [2.45, 2.75) is 58.7 Å². The van der Waals surface area contributed by atoms with E-state index in [9.17, 15) is 4.79 Å². The zero-order valence-electron chi connectivity index (χ0n) is 11.0. The Bertz CT molecular complexity index is 446. The number of aromatic nitrogens is 1. The summed E-state index contributed by atoms with van der Waals surface area (Å²) in [4.78, 5) is 12.3. The van der Waals surface area contributed by atoms with Crippen LogP contribution in [0.4, 0.5) is 0 Å². The number of pyridine rings is 1. The summed E-state index contributed by atoms with van der Waals surface area (Å²) in [6.07, 6.45) is 3.40. The monoisotopic (exact) mass is 234 g/mol. The van der Waals surface area contributed by atoms with Gasteiger partial charge in [0.15, 0.2) is 0 Å². The molecule has 1 aliphatic rings. The van der Waals surface area contributed by atoms with Crippen molar-refractivity contribution >= 4 is 0 Å². The van der Waals surface area contributed by atoms with E-state index in [1.165, 1.54) is 0 Å². The fourth-order valence-electron chi connectivity index (χ4n) is 2.04. The quantitative estimate of drug-likeness (QED) is 0.848. The van der Waals surface area contributed by atoms with Crippen LogP contribution in [-0.2, 0) is 6.54 Å². The highest BCUT2D eigenvalue weighted by Crippen LogP contribution is 2.34. The Labute approximate surface area is 103 Å². The van der Waals surface area contributed by atoms with Gasteiger partial charge in [-0.1, -0.05) is 13.0 Å². The lowest BCUT2D eigenvalue weighted by Gasteiger charge is -2.14. The average Bonchev–Trinajstić information content (AvgIpc) is 3.12. The van der Waals surface area contributed by atoms with E-state index in [0.29, 0.717) is 18.6 Å². The van der Waals surface area contributed by atoms with E-state index >= 15 is 0 Å². The van der Waals surface area contributed by atoms with E-state index in [4.69, 9.17) is 0 Å². The van der Waals surface area contributed by atoms with Gasteiger partial charge in [0, 0.05) is 29.9 Å². The number of rotatable bonds is 5. The molecule has 1 unspecified atom stereocenters. The van der Waals surface area contributed by atoms with Crippen LogP contribution in [0.1, 0.15) is 50.4 Å². The first kappa shape index (κ1) is 12.4. The van der Waals surface area contributed by atoms with Gasteiger partial charge in [0.05, 0.1) is 0 Å². The van der Waals surface area contributed by atoms with E-state index in [-0.39, 0.29) is 5.56 Å². The summed E-state index contributed by atoms with van der Waals surface area (Å²) in [6.45, 7) is 7.00. The standard InChI is InChI=1S/C14H22N2O/c1-4-10(2)15-9-12-6-5-11(3)16(14(12)17)13-7-8-13/h5-6,10,13,15H,4,7-9H2,1-3H3. The lowest BCUT2D eigenvalue weighted by atomic mass is 10.2. The normalized spacial score (nSPS) is 17.1. The molecule has 0 radical (unpaired) electrons. The van der Waals surface area contributed by atoms with E-state index in [1.807, 2.05) is 17.6 Å². The van der Waals surface area contributed by atoms with Gasteiger partial charge in [-0.25, -0.2) is 0 Å². The fourth-order valence-corrected chi connectivity index (χ4v) is 2.04. The molecule has 1 atom stereocenters. The zero-order chi connectivity index (χ0) is 12.4. The topological polar surface area (TPSA) is 34.0 Å². The lowest BCUT2D eigenvalue weighted by Crippen LogP contribution is -2.31. The van der Waals surface area contributed by atoms with E-state index < -0.39 is 0 Å². The molecule has 0 spiro atoms. The third kappa shape index (κ3) is 2.78. The zero-order valence-corrected chi connectivity index (χ0v) is 11.0. The summed E-state index contributed by atoms with van der Waals surface area (Å²) in [6, 6.07) is 4.95. The van der Waals surface area contributed by atoms with Crippen molar-refractivity contribution in [2.75, 3.05) is 0 Å². The smallest absolute Gasteiger partial charge is 0.255 e. The van der Waals surface area contributed by atoms with Crippen molar-refractivity contribution in [1.82, 2.24) is 9.88 Å². The second-order valence-corrected chi connectivity index (χ2v) is 5.10. The van der Waals surface area contributed by atoms with Crippen molar-refractivity contribution in [3.63, 3.8) is 0 Å². The maximum Gasteiger partial charge on any atom is 0.255 e. The van der Waals surface area contributed by atoms with Crippen molar-refractivity contribution in [1.29, 1.82) is 0 Å². The van der Waals surface area contributed by atoms with Gasteiger partial charge in [-0.2, -0.15) is 0 Å². The van der Waals surface area contributed by atoms with Crippen molar-refractivity contribution in [3.8, 4) is 0 Å². The highest BCUT2D eigenvalue weighted by Gasteiger charge is 2.26. The molecule has 3 heteroatoms. The minimum Gasteiger partial charge on any atom is -0.310 e. The van der Waals surface area contributed by atoms with Crippen LogP contribution in [0.25, 0.3) is 0 Å². The maximum atomic E-state index is 12.3. The van der Waals surface area contributed by atoms with Gasteiger partial charge in [0.25, 0.3) is 5.56 Å². The van der Waals surface area contributed by atoms with Gasteiger partial charge in [-0.15, -0.1) is 0 Å². The Hall–Kier alpha value is -1.09. The number of nitrogens with one attached hydrogen (secondary N) is 1. The van der Waals surface area contributed by atoms with Crippen LogP contribution in [0.15, 0.2) is 16.9 Å². The number of aryl methyl sites for hydroxylation is 1. The van der Waals surface area contributed by atoms with Crippen LogP contribution in [0, 0.1) is 6.92 Å². The molecule has 0 saturated heterocycles. The molecule has 0 aliphatic heterocycles. The van der Waals surface area contributed by atoms with Crippen LogP contribution >= 0.6 is 0 Å². The summed E-state index contributed by atoms with van der Waals surface area (Å²) in [5.74, 6) is 0. The molecule has 1 saturated carbocycles. The summed E-state index contributed by atoms with van der Waals surface area (Å²) in [7, 11) is 0. The van der Waals surface area contributed by atoms with Gasteiger partial charge in [-0.3, -0.25) is 4.79 Å². The van der Waals surface area contributed by atoms with Crippen molar-refractivity contribution in [2.24, 2.45) is 0 Å². The molecule has 94 valence electrons. The molecule has 0 aromatic carbocycles. The van der Waals surface area contributed by atoms with Crippen LogP contribution in [0.5, 0.6) is 0 Å². The molecule has 3 nitrogen and oxygen atoms in total. The lowest BCUT2D eigenvalue weighted by molar-refractivity contribution is 0.528. The van der Waals surface area contributed by atoms with Gasteiger partial charge in [0.1, 0.15) is 0 Å². The summed E-state index contributed by atoms with van der Waals surface area (Å²) >= 11 is 0. The molecule has 1 fully saturated rings. The molecule has 1 heterocycles. The Balaban J connectivity index is 2.18. The third-order valence-corrected chi connectivity index (χ3v) is 3.56. The predicted octanol–water partition coefficient (Wildman–Crippen LogP) is 2.38. The molecular weight excluding hydrogens is 212 g/mol. The van der Waals surface area contributed by atoms with E-state index in [1.54, 1.807) is 0 Å². The second kappa shape index (κ2) is 5.05. The average molecular weight is 234 g/mol. The first-order chi connectivity index (χ1) is 8.13. The van der Waals surface area contributed by atoms with Gasteiger partial charge in [-0.05, 0) is 39.2 Å². The third-order valence-electron chi connectivity index (χ3n) is 3.56. The van der Waals surface area contributed by atoms with Crippen molar-refractivity contribution in [3.05, 3.63) is 33.7 Å². The number of nitrogens with zero attached hydrogens (tertiary/aromatic N) is 1. The van der Waals surface area contributed by atoms with Gasteiger partial charge in [0.2, 0.25) is 0 Å². The number of hydrogen-bond donors (Lipinski definition) is 1. The molecular formula is C14H22N2O. The first-order valence-corrected chi connectivity index (χ1v) is 6.58. The molecule has 1 aromatic rings. The SMILES string of the molecule is CCC(C)NCc1ccc(C)n(C2CC2)c1=O. The van der Waals surface area contributed by atoms with Crippen LogP contribution < -0.4 is 10.9 Å². The molecule has 0 amide bonds. The van der Waals surface area contributed by atoms with Crippen LogP contribution in [0.2, 0.25) is 0 Å². The van der Waals surface area contributed by atoms with E-state index in [0.717, 1.165) is 30.5 Å². The molecule has 17 heavy (non-hydrogen) atoms. The maximum absolute atomic E-state index is 12.3. The van der Waals surface area contributed by atoms with Gasteiger partial charge < -0.3 is 9.88 Å². The Morgan fingerprint density at radius 3 is 2.76 bits per heavy atom. The Morgan fingerprint density at radius 1 is 1.47 bits per heavy atom. The van der Waals surface area contributed by atoms with Gasteiger partial charge >= 0.3 is 0 Å². The highest BCUT2D eigenvalue weighted by molar-refractivity contribution is 5.17. The Morgan fingerprint density at radius 2 is 2.18 bits per heavy atom. The highest BCUT2D eigenvalue weighted by atomic mass is 16.1. The Kier molecular flexibility index (Phi) is 3.67. The predicted molar refractivity (Wildman–Crippen MR) is 70.3 cm³/mol. The largest absolute Gasteiger partial charge is 0.310 e. The minimum atomic E-state index is 0.198. The minimum absolute atomic E-state index is 0.198.